The first-order valence-electron chi connectivity index (χ1n) is 8.45. The highest BCUT2D eigenvalue weighted by atomic mass is 32.2. The molecule has 0 spiro atoms. The largest absolute Gasteiger partial charge is 0.351 e. The SMILES string of the molecule is CC(C)(C)c1ccc(S(=O)(=O)NCCNC(=O)c2ccc(F)c(F)c2F)cc1. The van der Waals surface area contributed by atoms with Crippen LogP contribution in [-0.4, -0.2) is 27.4 Å². The molecule has 0 aliphatic rings. The highest BCUT2D eigenvalue weighted by molar-refractivity contribution is 7.89. The maximum Gasteiger partial charge on any atom is 0.254 e. The van der Waals surface area contributed by atoms with Crippen LogP contribution in [0, 0.1) is 17.5 Å². The van der Waals surface area contributed by atoms with E-state index in [0.29, 0.717) is 6.07 Å². The van der Waals surface area contributed by atoms with Gasteiger partial charge in [-0.25, -0.2) is 26.3 Å². The topological polar surface area (TPSA) is 75.3 Å². The summed E-state index contributed by atoms with van der Waals surface area (Å²) in [6.45, 7) is 5.69. The van der Waals surface area contributed by atoms with Crippen LogP contribution in [0.2, 0.25) is 0 Å². The number of carbonyl (C=O) groups is 1. The molecule has 0 saturated carbocycles. The molecule has 0 aliphatic carbocycles. The van der Waals surface area contributed by atoms with E-state index in [2.05, 4.69) is 10.0 Å². The fraction of sp³-hybridized carbons (Fsp3) is 0.316. The number of carbonyl (C=O) groups excluding carboxylic acids is 1. The Balaban J connectivity index is 1.94. The lowest BCUT2D eigenvalue weighted by Gasteiger charge is -2.19. The van der Waals surface area contributed by atoms with E-state index in [4.69, 9.17) is 0 Å². The van der Waals surface area contributed by atoms with Gasteiger partial charge in [0.1, 0.15) is 0 Å². The van der Waals surface area contributed by atoms with E-state index in [1.807, 2.05) is 20.8 Å². The predicted octanol–water partition coefficient (Wildman–Crippen LogP) is 3.11. The van der Waals surface area contributed by atoms with Crippen molar-refractivity contribution in [2.75, 3.05) is 13.1 Å². The number of rotatable bonds is 6. The highest BCUT2D eigenvalue weighted by Gasteiger charge is 2.19. The summed E-state index contributed by atoms with van der Waals surface area (Å²) in [5.41, 5.74) is 0.196. The molecule has 28 heavy (non-hydrogen) atoms. The zero-order chi connectivity index (χ0) is 21.1. The third-order valence-electron chi connectivity index (χ3n) is 4.01. The Bertz CT molecular complexity index is 969. The Hall–Kier alpha value is -2.39. The molecule has 152 valence electrons. The summed E-state index contributed by atoms with van der Waals surface area (Å²) in [5.74, 6) is -5.73. The Labute approximate surface area is 162 Å². The fourth-order valence-corrected chi connectivity index (χ4v) is 3.41. The van der Waals surface area contributed by atoms with Crippen LogP contribution in [0.25, 0.3) is 0 Å². The summed E-state index contributed by atoms with van der Waals surface area (Å²) < 4.78 is 66.5. The van der Waals surface area contributed by atoms with Gasteiger partial charge in [0.2, 0.25) is 10.0 Å². The number of nitrogens with one attached hydrogen (secondary N) is 2. The summed E-state index contributed by atoms with van der Waals surface area (Å²) in [6, 6.07) is 7.86. The summed E-state index contributed by atoms with van der Waals surface area (Å²) in [5, 5.41) is 2.24. The fourth-order valence-electron chi connectivity index (χ4n) is 2.38. The first-order valence-corrected chi connectivity index (χ1v) is 9.93. The van der Waals surface area contributed by atoms with Crippen LogP contribution in [0.4, 0.5) is 13.2 Å². The predicted molar refractivity (Wildman–Crippen MR) is 99.0 cm³/mol. The van der Waals surface area contributed by atoms with Crippen molar-refractivity contribution in [3.05, 3.63) is 65.0 Å². The van der Waals surface area contributed by atoms with Crippen molar-refractivity contribution in [1.29, 1.82) is 0 Å². The van der Waals surface area contributed by atoms with Gasteiger partial charge in [0.05, 0.1) is 10.5 Å². The van der Waals surface area contributed by atoms with E-state index in [1.165, 1.54) is 12.1 Å². The van der Waals surface area contributed by atoms with Crippen molar-refractivity contribution in [2.45, 2.75) is 31.1 Å². The molecule has 0 fully saturated rings. The average molecular weight is 414 g/mol. The van der Waals surface area contributed by atoms with Crippen LogP contribution < -0.4 is 10.0 Å². The second-order valence-corrected chi connectivity index (χ2v) is 8.92. The molecule has 0 saturated heterocycles. The minimum Gasteiger partial charge on any atom is -0.351 e. The van der Waals surface area contributed by atoms with Crippen LogP contribution in [0.15, 0.2) is 41.3 Å². The van der Waals surface area contributed by atoms with Gasteiger partial charge in [-0.3, -0.25) is 4.79 Å². The van der Waals surface area contributed by atoms with Crippen molar-refractivity contribution in [3.63, 3.8) is 0 Å². The van der Waals surface area contributed by atoms with E-state index in [9.17, 15) is 26.4 Å². The van der Waals surface area contributed by atoms with Crippen molar-refractivity contribution in [1.82, 2.24) is 10.0 Å². The lowest BCUT2D eigenvalue weighted by molar-refractivity contribution is 0.0949. The molecular weight excluding hydrogens is 393 g/mol. The zero-order valence-corrected chi connectivity index (χ0v) is 16.5. The number of benzene rings is 2. The summed E-state index contributed by atoms with van der Waals surface area (Å²) in [4.78, 5) is 11.9. The minimum absolute atomic E-state index is 0.0680. The molecule has 9 heteroatoms. The smallest absolute Gasteiger partial charge is 0.254 e. The van der Waals surface area contributed by atoms with E-state index >= 15 is 0 Å². The van der Waals surface area contributed by atoms with Crippen LogP contribution in [0.1, 0.15) is 36.7 Å². The number of hydrogen-bond donors (Lipinski definition) is 2. The second kappa shape index (κ2) is 8.32. The van der Waals surface area contributed by atoms with E-state index < -0.39 is 38.9 Å². The third kappa shape index (κ3) is 5.11. The summed E-state index contributed by atoms with van der Waals surface area (Å²) in [7, 11) is -3.79. The molecular formula is C19H21F3N2O3S. The van der Waals surface area contributed by atoms with Crippen molar-refractivity contribution in [2.24, 2.45) is 0 Å². The molecule has 0 bridgehead atoms. The molecule has 0 atom stereocenters. The van der Waals surface area contributed by atoms with Crippen LogP contribution in [-0.2, 0) is 15.4 Å². The maximum absolute atomic E-state index is 13.6. The minimum atomic E-state index is -3.79. The first-order chi connectivity index (χ1) is 12.9. The quantitative estimate of drug-likeness (QED) is 0.563. The molecule has 0 aromatic heterocycles. The van der Waals surface area contributed by atoms with Gasteiger partial charge < -0.3 is 5.32 Å². The molecule has 1 amide bonds. The number of halogens is 3. The standard InChI is InChI=1S/C19H21F3N2O3S/c1-19(2,3)12-4-6-13(7-5-12)28(26,27)24-11-10-23-18(25)14-8-9-15(20)17(22)16(14)21/h4-9,24H,10-11H2,1-3H3,(H,23,25). The Morgan fingerprint density at radius 3 is 2.11 bits per heavy atom. The van der Waals surface area contributed by atoms with Gasteiger partial charge in [0.25, 0.3) is 5.91 Å². The molecule has 2 rings (SSSR count). The lowest BCUT2D eigenvalue weighted by atomic mass is 9.87. The zero-order valence-electron chi connectivity index (χ0n) is 15.6. The molecule has 0 unspecified atom stereocenters. The summed E-state index contributed by atoms with van der Waals surface area (Å²) in [6.07, 6.45) is 0. The molecule has 5 nitrogen and oxygen atoms in total. The molecule has 0 heterocycles. The molecule has 2 aromatic carbocycles. The van der Waals surface area contributed by atoms with E-state index in [-0.39, 0.29) is 23.4 Å². The first kappa shape index (κ1) is 21.9. The van der Waals surface area contributed by atoms with Gasteiger partial charge in [0, 0.05) is 13.1 Å². The van der Waals surface area contributed by atoms with Gasteiger partial charge >= 0.3 is 0 Å². The van der Waals surface area contributed by atoms with Crippen LogP contribution >= 0.6 is 0 Å². The highest BCUT2D eigenvalue weighted by Crippen LogP contribution is 2.23. The number of amides is 1. The van der Waals surface area contributed by atoms with Gasteiger partial charge in [-0.2, -0.15) is 0 Å². The molecule has 2 N–H and O–H groups in total. The normalized spacial score (nSPS) is 12.1. The Kier molecular flexibility index (Phi) is 6.51. The number of hydrogen-bond acceptors (Lipinski definition) is 3. The van der Waals surface area contributed by atoms with E-state index in [0.717, 1.165) is 11.6 Å². The molecule has 0 radical (unpaired) electrons. The van der Waals surface area contributed by atoms with Gasteiger partial charge in [0.15, 0.2) is 17.5 Å². The second-order valence-electron chi connectivity index (χ2n) is 7.15. The molecule has 2 aromatic rings. The van der Waals surface area contributed by atoms with Gasteiger partial charge in [-0.1, -0.05) is 32.9 Å². The maximum atomic E-state index is 13.6. The van der Waals surface area contributed by atoms with Gasteiger partial charge in [-0.15, -0.1) is 0 Å². The van der Waals surface area contributed by atoms with Gasteiger partial charge in [-0.05, 0) is 35.2 Å². The summed E-state index contributed by atoms with van der Waals surface area (Å²) >= 11 is 0. The molecule has 0 aliphatic heterocycles. The third-order valence-corrected chi connectivity index (χ3v) is 5.49. The van der Waals surface area contributed by atoms with Crippen molar-refractivity contribution < 1.29 is 26.4 Å². The van der Waals surface area contributed by atoms with Crippen LogP contribution in [0.3, 0.4) is 0 Å². The monoisotopic (exact) mass is 414 g/mol. The van der Waals surface area contributed by atoms with E-state index in [1.54, 1.807) is 12.1 Å². The lowest BCUT2D eigenvalue weighted by Crippen LogP contribution is -2.35. The number of sulfonamides is 1. The average Bonchev–Trinajstić information content (AvgIpc) is 2.62. The van der Waals surface area contributed by atoms with Crippen molar-refractivity contribution >= 4 is 15.9 Å². The van der Waals surface area contributed by atoms with Crippen molar-refractivity contribution in [3.8, 4) is 0 Å². The van der Waals surface area contributed by atoms with Crippen LogP contribution in [0.5, 0.6) is 0 Å². The Morgan fingerprint density at radius 2 is 1.54 bits per heavy atom. The Morgan fingerprint density at radius 1 is 0.929 bits per heavy atom.